The molecule has 1 unspecified atom stereocenters. The van der Waals surface area contributed by atoms with Crippen LogP contribution in [0.1, 0.15) is 39.0 Å². The van der Waals surface area contributed by atoms with Gasteiger partial charge in [0.1, 0.15) is 6.10 Å². The minimum atomic E-state index is -0.343. The fraction of sp³-hybridized carbons (Fsp3) is 0.857. The van der Waals surface area contributed by atoms with Crippen molar-refractivity contribution < 1.29 is 14.3 Å². The molecule has 3 N–H and O–H groups in total. The highest BCUT2D eigenvalue weighted by molar-refractivity contribution is 5.85. The third-order valence-corrected chi connectivity index (χ3v) is 4.07. The second-order valence-electron chi connectivity index (χ2n) is 5.60. The van der Waals surface area contributed by atoms with E-state index in [2.05, 4.69) is 5.32 Å². The number of nitrogens with two attached hydrogens (primary N) is 1. The SMILES string of the molecule is CCC(=O)NC1CCCN(C(=O)[C@@H]2CC[C@H](CN)O2)C1.Cl. The normalized spacial score (nSPS) is 28.9. The van der Waals surface area contributed by atoms with Crippen LogP contribution in [0.5, 0.6) is 0 Å². The summed E-state index contributed by atoms with van der Waals surface area (Å²) in [5.74, 6) is 0.0982. The highest BCUT2D eigenvalue weighted by Crippen LogP contribution is 2.22. The number of carbonyl (C=O) groups is 2. The first-order valence-electron chi connectivity index (χ1n) is 7.57. The number of hydrogen-bond acceptors (Lipinski definition) is 4. The summed E-state index contributed by atoms with van der Waals surface area (Å²) < 4.78 is 5.66. The lowest BCUT2D eigenvalue weighted by atomic mass is 10.0. The third-order valence-electron chi connectivity index (χ3n) is 4.07. The van der Waals surface area contributed by atoms with E-state index in [4.69, 9.17) is 10.5 Å². The van der Waals surface area contributed by atoms with E-state index in [0.29, 0.717) is 19.5 Å². The van der Waals surface area contributed by atoms with Crippen molar-refractivity contribution in [2.45, 2.75) is 57.3 Å². The molecule has 0 aromatic heterocycles. The molecule has 6 nitrogen and oxygen atoms in total. The number of hydrogen-bond donors (Lipinski definition) is 2. The molecule has 2 amide bonds. The molecule has 2 rings (SSSR count). The standard InChI is InChI=1S/C14H25N3O3.ClH/c1-2-13(18)16-10-4-3-7-17(9-10)14(19)12-6-5-11(8-15)20-12;/h10-12H,2-9,15H2,1H3,(H,16,18);1H/t10?,11-,12+;/m1./s1. The second-order valence-corrected chi connectivity index (χ2v) is 5.60. The van der Waals surface area contributed by atoms with Crippen molar-refractivity contribution in [2.75, 3.05) is 19.6 Å². The van der Waals surface area contributed by atoms with Gasteiger partial charge < -0.3 is 20.7 Å². The zero-order valence-corrected chi connectivity index (χ0v) is 13.4. The van der Waals surface area contributed by atoms with Crippen LogP contribution in [0.25, 0.3) is 0 Å². The van der Waals surface area contributed by atoms with Crippen LogP contribution in [-0.4, -0.2) is 54.6 Å². The van der Waals surface area contributed by atoms with E-state index in [0.717, 1.165) is 32.2 Å². The van der Waals surface area contributed by atoms with E-state index in [-0.39, 0.29) is 42.5 Å². The molecule has 2 saturated heterocycles. The molecule has 0 bridgehead atoms. The average molecular weight is 320 g/mol. The Morgan fingerprint density at radius 2 is 2.10 bits per heavy atom. The third kappa shape index (κ3) is 4.83. The fourth-order valence-electron chi connectivity index (χ4n) is 2.89. The zero-order chi connectivity index (χ0) is 14.5. The Kier molecular flexibility index (Phi) is 7.42. The molecule has 0 radical (unpaired) electrons. The Balaban J connectivity index is 0.00000220. The summed E-state index contributed by atoms with van der Waals surface area (Å²) in [7, 11) is 0. The van der Waals surface area contributed by atoms with E-state index in [1.807, 2.05) is 11.8 Å². The quantitative estimate of drug-likeness (QED) is 0.787. The van der Waals surface area contributed by atoms with Crippen LogP contribution < -0.4 is 11.1 Å². The largest absolute Gasteiger partial charge is 0.364 e. The minimum Gasteiger partial charge on any atom is -0.364 e. The monoisotopic (exact) mass is 319 g/mol. The number of piperidine rings is 1. The van der Waals surface area contributed by atoms with E-state index in [9.17, 15) is 9.59 Å². The summed E-state index contributed by atoms with van der Waals surface area (Å²) in [5, 5.41) is 2.97. The van der Waals surface area contributed by atoms with Gasteiger partial charge in [-0.1, -0.05) is 6.92 Å². The average Bonchev–Trinajstić information content (AvgIpc) is 2.95. The van der Waals surface area contributed by atoms with Gasteiger partial charge in [0.15, 0.2) is 0 Å². The van der Waals surface area contributed by atoms with Gasteiger partial charge >= 0.3 is 0 Å². The number of amides is 2. The van der Waals surface area contributed by atoms with E-state index in [1.54, 1.807) is 0 Å². The van der Waals surface area contributed by atoms with Crippen LogP contribution in [0.2, 0.25) is 0 Å². The Morgan fingerprint density at radius 1 is 1.33 bits per heavy atom. The number of ether oxygens (including phenoxy) is 1. The lowest BCUT2D eigenvalue weighted by Gasteiger charge is -2.34. The maximum Gasteiger partial charge on any atom is 0.251 e. The van der Waals surface area contributed by atoms with Crippen LogP contribution >= 0.6 is 12.4 Å². The van der Waals surface area contributed by atoms with Crippen molar-refractivity contribution in [3.8, 4) is 0 Å². The molecule has 3 atom stereocenters. The van der Waals surface area contributed by atoms with Crippen molar-refractivity contribution in [2.24, 2.45) is 5.73 Å². The summed E-state index contributed by atoms with van der Waals surface area (Å²) in [6.07, 6.45) is 3.63. The Hall–Kier alpha value is -0.850. The predicted molar refractivity (Wildman–Crippen MR) is 82.2 cm³/mol. The molecule has 2 heterocycles. The van der Waals surface area contributed by atoms with Crippen molar-refractivity contribution in [1.82, 2.24) is 10.2 Å². The second kappa shape index (κ2) is 8.56. The first kappa shape index (κ1) is 18.2. The molecule has 0 aromatic carbocycles. The van der Waals surface area contributed by atoms with Gasteiger partial charge in [0.25, 0.3) is 5.91 Å². The summed E-state index contributed by atoms with van der Waals surface area (Å²) in [4.78, 5) is 25.7. The van der Waals surface area contributed by atoms with Gasteiger partial charge in [-0.3, -0.25) is 9.59 Å². The van der Waals surface area contributed by atoms with Gasteiger partial charge in [-0.2, -0.15) is 0 Å². The molecule has 2 fully saturated rings. The predicted octanol–water partition coefficient (Wildman–Crippen LogP) is 0.432. The lowest BCUT2D eigenvalue weighted by molar-refractivity contribution is -0.144. The summed E-state index contributed by atoms with van der Waals surface area (Å²) in [6, 6.07) is 0.0758. The number of rotatable bonds is 4. The first-order valence-corrected chi connectivity index (χ1v) is 7.57. The Bertz CT molecular complexity index is 367. The first-order chi connectivity index (χ1) is 9.63. The molecular formula is C14H26ClN3O3. The van der Waals surface area contributed by atoms with Crippen LogP contribution in [0.15, 0.2) is 0 Å². The van der Waals surface area contributed by atoms with E-state index >= 15 is 0 Å². The molecule has 21 heavy (non-hydrogen) atoms. The van der Waals surface area contributed by atoms with Crippen molar-refractivity contribution in [3.05, 3.63) is 0 Å². The van der Waals surface area contributed by atoms with Gasteiger partial charge in [-0.15, -0.1) is 12.4 Å². The van der Waals surface area contributed by atoms with Crippen molar-refractivity contribution >= 4 is 24.2 Å². The Labute approximate surface area is 132 Å². The number of halogens is 1. The molecular weight excluding hydrogens is 294 g/mol. The summed E-state index contributed by atoms with van der Waals surface area (Å²) >= 11 is 0. The van der Waals surface area contributed by atoms with Crippen molar-refractivity contribution in [3.63, 3.8) is 0 Å². The zero-order valence-electron chi connectivity index (χ0n) is 12.5. The number of likely N-dealkylation sites (tertiary alicyclic amines) is 1. The molecule has 2 aliphatic heterocycles. The van der Waals surface area contributed by atoms with Crippen LogP contribution in [-0.2, 0) is 14.3 Å². The fourth-order valence-corrected chi connectivity index (χ4v) is 2.89. The Morgan fingerprint density at radius 3 is 2.71 bits per heavy atom. The van der Waals surface area contributed by atoms with Crippen LogP contribution in [0.3, 0.4) is 0 Å². The molecule has 122 valence electrons. The van der Waals surface area contributed by atoms with Gasteiger partial charge in [0, 0.05) is 32.1 Å². The molecule has 0 aliphatic carbocycles. The van der Waals surface area contributed by atoms with Crippen molar-refractivity contribution in [1.29, 1.82) is 0 Å². The highest BCUT2D eigenvalue weighted by Gasteiger charge is 2.34. The number of nitrogens with zero attached hydrogens (tertiary/aromatic N) is 1. The smallest absolute Gasteiger partial charge is 0.251 e. The number of carbonyl (C=O) groups excluding carboxylic acids is 2. The number of nitrogens with one attached hydrogen (secondary N) is 1. The highest BCUT2D eigenvalue weighted by atomic mass is 35.5. The molecule has 0 aromatic rings. The summed E-state index contributed by atoms with van der Waals surface area (Å²) in [5.41, 5.74) is 5.57. The van der Waals surface area contributed by atoms with Crippen LogP contribution in [0.4, 0.5) is 0 Å². The maximum atomic E-state index is 12.4. The van der Waals surface area contributed by atoms with Crippen LogP contribution in [0, 0.1) is 0 Å². The van der Waals surface area contributed by atoms with Gasteiger partial charge in [0.05, 0.1) is 6.10 Å². The maximum absolute atomic E-state index is 12.4. The van der Waals surface area contributed by atoms with Gasteiger partial charge in [-0.05, 0) is 25.7 Å². The van der Waals surface area contributed by atoms with E-state index < -0.39 is 0 Å². The minimum absolute atomic E-state index is 0. The molecule has 2 aliphatic rings. The lowest BCUT2D eigenvalue weighted by Crippen LogP contribution is -2.51. The molecule has 7 heteroatoms. The topological polar surface area (TPSA) is 84.7 Å². The molecule has 0 spiro atoms. The summed E-state index contributed by atoms with van der Waals surface area (Å²) in [6.45, 7) is 3.65. The van der Waals surface area contributed by atoms with Gasteiger partial charge in [-0.25, -0.2) is 0 Å². The molecule has 0 saturated carbocycles. The van der Waals surface area contributed by atoms with Gasteiger partial charge in [0.2, 0.25) is 5.91 Å². The van der Waals surface area contributed by atoms with E-state index in [1.165, 1.54) is 0 Å².